The fraction of sp³-hybridized carbons (Fsp3) is 0.167. The topological polar surface area (TPSA) is 55.8 Å². The van der Waals surface area contributed by atoms with Gasteiger partial charge in [-0.25, -0.2) is 9.18 Å². The molecule has 0 aliphatic rings. The van der Waals surface area contributed by atoms with E-state index in [1.807, 2.05) is 25.1 Å². The number of benzene rings is 2. The zero-order chi connectivity index (χ0) is 17.3. The van der Waals surface area contributed by atoms with Crippen molar-refractivity contribution in [2.75, 3.05) is 7.11 Å². The van der Waals surface area contributed by atoms with Gasteiger partial charge in [0.1, 0.15) is 5.75 Å². The largest absolute Gasteiger partial charge is 0.494 e. The number of fused-ring (bicyclic) bond motifs is 1. The zero-order valence-corrected chi connectivity index (χ0v) is 13.9. The van der Waals surface area contributed by atoms with E-state index in [4.69, 9.17) is 9.47 Å². The zero-order valence-electron chi connectivity index (χ0n) is 13.1. The molecule has 0 saturated heterocycles. The highest BCUT2D eigenvalue weighted by molar-refractivity contribution is 7.21. The molecule has 4 nitrogen and oxygen atoms in total. The first kappa shape index (κ1) is 16.3. The van der Waals surface area contributed by atoms with Gasteiger partial charge in [-0.05, 0) is 36.2 Å². The van der Waals surface area contributed by atoms with Crippen LogP contribution in [0.1, 0.15) is 22.2 Å². The first-order chi connectivity index (χ1) is 11.5. The summed E-state index contributed by atoms with van der Waals surface area (Å²) in [5.41, 5.74) is 1.08. The fourth-order valence-corrected chi connectivity index (χ4v) is 3.40. The minimum Gasteiger partial charge on any atom is -0.494 e. The summed E-state index contributed by atoms with van der Waals surface area (Å²) in [5.74, 6) is -0.863. The maximum absolute atomic E-state index is 13.9. The van der Waals surface area contributed by atoms with Crippen LogP contribution in [0.4, 0.5) is 4.39 Å². The van der Waals surface area contributed by atoms with Gasteiger partial charge in [0.2, 0.25) is 0 Å². The van der Waals surface area contributed by atoms with E-state index < -0.39 is 11.8 Å². The van der Waals surface area contributed by atoms with Crippen LogP contribution in [0.2, 0.25) is 0 Å². The monoisotopic (exact) mass is 346 g/mol. The summed E-state index contributed by atoms with van der Waals surface area (Å²) in [4.78, 5) is 11.6. The number of methoxy groups -OCH3 is 1. The van der Waals surface area contributed by atoms with Crippen LogP contribution >= 0.6 is 11.3 Å². The molecule has 0 bridgehead atoms. The van der Waals surface area contributed by atoms with Crippen LogP contribution in [0, 0.1) is 5.82 Å². The number of hydrogen-bond acceptors (Lipinski definition) is 4. The van der Waals surface area contributed by atoms with E-state index in [-0.39, 0.29) is 16.4 Å². The van der Waals surface area contributed by atoms with Crippen LogP contribution in [0.15, 0.2) is 36.4 Å². The molecule has 0 unspecified atom stereocenters. The molecule has 1 aromatic heterocycles. The maximum Gasteiger partial charge on any atom is 0.349 e. The van der Waals surface area contributed by atoms with E-state index in [9.17, 15) is 14.3 Å². The van der Waals surface area contributed by atoms with Crippen LogP contribution < -0.4 is 9.47 Å². The van der Waals surface area contributed by atoms with E-state index >= 15 is 0 Å². The van der Waals surface area contributed by atoms with Gasteiger partial charge in [-0.1, -0.05) is 19.1 Å². The van der Waals surface area contributed by atoms with E-state index in [2.05, 4.69) is 0 Å². The molecule has 0 spiro atoms. The van der Waals surface area contributed by atoms with Crippen LogP contribution in [0.5, 0.6) is 17.2 Å². The minimum absolute atomic E-state index is 0.0274. The molecule has 0 aliphatic heterocycles. The lowest BCUT2D eigenvalue weighted by Crippen LogP contribution is -1.96. The molecule has 3 aromatic rings. The number of rotatable bonds is 5. The van der Waals surface area contributed by atoms with Crippen LogP contribution in [0.25, 0.3) is 10.1 Å². The lowest BCUT2D eigenvalue weighted by Gasteiger charge is -2.08. The Morgan fingerprint density at radius 2 is 2.08 bits per heavy atom. The summed E-state index contributed by atoms with van der Waals surface area (Å²) in [6, 6.07) is 10.2. The standard InChI is InChI=1S/C18H15FO4S/c1-3-10-5-4-6-11(7-10)23-16-12-8-14(22-2)13(19)9-15(12)24-17(16)18(20)21/h4-9H,3H2,1-2H3,(H,20,21). The van der Waals surface area contributed by atoms with Gasteiger partial charge < -0.3 is 14.6 Å². The lowest BCUT2D eigenvalue weighted by molar-refractivity contribution is 0.0700. The van der Waals surface area contributed by atoms with Gasteiger partial charge in [0.25, 0.3) is 0 Å². The molecular formula is C18H15FO4S. The third-order valence-corrected chi connectivity index (χ3v) is 4.76. The highest BCUT2D eigenvalue weighted by atomic mass is 32.1. The Morgan fingerprint density at radius 3 is 2.75 bits per heavy atom. The van der Waals surface area contributed by atoms with Gasteiger partial charge in [0.15, 0.2) is 22.2 Å². The average molecular weight is 346 g/mol. The molecule has 124 valence electrons. The van der Waals surface area contributed by atoms with Crippen LogP contribution in [-0.2, 0) is 6.42 Å². The Labute approximate surface area is 142 Å². The summed E-state index contributed by atoms with van der Waals surface area (Å²) in [6.45, 7) is 2.02. The Balaban J connectivity index is 2.16. The van der Waals surface area contributed by atoms with Crippen molar-refractivity contribution in [1.82, 2.24) is 0 Å². The maximum atomic E-state index is 13.9. The van der Waals surface area contributed by atoms with E-state index in [1.165, 1.54) is 19.2 Å². The van der Waals surface area contributed by atoms with Crippen LogP contribution in [-0.4, -0.2) is 18.2 Å². The van der Waals surface area contributed by atoms with Crippen molar-refractivity contribution in [2.45, 2.75) is 13.3 Å². The number of hydrogen-bond donors (Lipinski definition) is 1. The van der Waals surface area contributed by atoms with Gasteiger partial charge in [-0.2, -0.15) is 0 Å². The molecule has 0 fully saturated rings. The van der Waals surface area contributed by atoms with Crippen molar-refractivity contribution in [3.8, 4) is 17.2 Å². The van der Waals surface area contributed by atoms with Gasteiger partial charge in [0.05, 0.1) is 7.11 Å². The second-order valence-electron chi connectivity index (χ2n) is 5.15. The summed E-state index contributed by atoms with van der Waals surface area (Å²) in [6.07, 6.45) is 0.840. The molecule has 1 heterocycles. The first-order valence-corrected chi connectivity index (χ1v) is 8.15. The first-order valence-electron chi connectivity index (χ1n) is 7.33. The van der Waals surface area contributed by atoms with Crippen molar-refractivity contribution in [1.29, 1.82) is 0 Å². The molecule has 0 amide bonds. The van der Waals surface area contributed by atoms with Crippen molar-refractivity contribution >= 4 is 27.4 Å². The van der Waals surface area contributed by atoms with Crippen molar-refractivity contribution in [3.63, 3.8) is 0 Å². The molecular weight excluding hydrogens is 331 g/mol. The van der Waals surface area contributed by atoms with Gasteiger partial charge in [-0.3, -0.25) is 0 Å². The van der Waals surface area contributed by atoms with E-state index in [0.29, 0.717) is 15.8 Å². The van der Waals surface area contributed by atoms with Crippen molar-refractivity contribution in [3.05, 3.63) is 52.7 Å². The highest BCUT2D eigenvalue weighted by Gasteiger charge is 2.22. The number of aryl methyl sites for hydroxylation is 1. The molecule has 2 aromatic carbocycles. The third-order valence-electron chi connectivity index (χ3n) is 3.64. The Morgan fingerprint density at radius 1 is 1.29 bits per heavy atom. The summed E-state index contributed by atoms with van der Waals surface area (Å²) in [5, 5.41) is 9.96. The SMILES string of the molecule is CCc1cccc(Oc2c(C(=O)O)sc3cc(F)c(OC)cc23)c1. The number of aromatic carboxylic acids is 1. The Kier molecular flexibility index (Phi) is 4.40. The second kappa shape index (κ2) is 6.49. The lowest BCUT2D eigenvalue weighted by atomic mass is 10.1. The van der Waals surface area contributed by atoms with Crippen molar-refractivity contribution in [2.24, 2.45) is 0 Å². The van der Waals surface area contributed by atoms with Gasteiger partial charge in [0, 0.05) is 10.1 Å². The van der Waals surface area contributed by atoms with Crippen LogP contribution in [0.3, 0.4) is 0 Å². The number of ether oxygens (including phenoxy) is 2. The highest BCUT2D eigenvalue weighted by Crippen LogP contribution is 2.42. The molecule has 1 N–H and O–H groups in total. The van der Waals surface area contributed by atoms with Gasteiger partial charge in [-0.15, -0.1) is 11.3 Å². The minimum atomic E-state index is -1.11. The Hall–Kier alpha value is -2.60. The Bertz CT molecular complexity index is 917. The summed E-state index contributed by atoms with van der Waals surface area (Å²) in [7, 11) is 1.36. The molecule has 0 saturated carbocycles. The van der Waals surface area contributed by atoms with Crippen molar-refractivity contribution < 1.29 is 23.8 Å². The summed E-state index contributed by atoms with van der Waals surface area (Å²) >= 11 is 0.974. The fourth-order valence-electron chi connectivity index (χ4n) is 2.42. The van der Waals surface area contributed by atoms with E-state index in [0.717, 1.165) is 23.3 Å². The number of carboxylic acid groups (broad SMARTS) is 1. The third kappa shape index (κ3) is 2.92. The van der Waals surface area contributed by atoms with Gasteiger partial charge >= 0.3 is 5.97 Å². The molecule has 0 atom stereocenters. The number of thiophene rings is 1. The predicted octanol–water partition coefficient (Wildman–Crippen LogP) is 5.10. The summed E-state index contributed by atoms with van der Waals surface area (Å²) < 4.78 is 25.2. The quantitative estimate of drug-likeness (QED) is 0.698. The average Bonchev–Trinajstić information content (AvgIpc) is 2.92. The molecule has 0 radical (unpaired) electrons. The number of carbonyl (C=O) groups is 1. The normalized spacial score (nSPS) is 10.8. The smallest absolute Gasteiger partial charge is 0.349 e. The molecule has 6 heteroatoms. The molecule has 0 aliphatic carbocycles. The number of carboxylic acids is 1. The van der Waals surface area contributed by atoms with E-state index in [1.54, 1.807) is 6.07 Å². The predicted molar refractivity (Wildman–Crippen MR) is 91.2 cm³/mol. The molecule has 24 heavy (non-hydrogen) atoms. The number of halogens is 1. The molecule has 3 rings (SSSR count). The second-order valence-corrected chi connectivity index (χ2v) is 6.20.